The summed E-state index contributed by atoms with van der Waals surface area (Å²) in [7, 11) is 0. The lowest BCUT2D eigenvalue weighted by Crippen LogP contribution is -2.22. The molecule has 0 heterocycles. The Hall–Kier alpha value is -1.98. The van der Waals surface area contributed by atoms with Crippen LogP contribution in [0.15, 0.2) is 25.3 Å². The summed E-state index contributed by atoms with van der Waals surface area (Å²) in [4.78, 5) is 22.7. The van der Waals surface area contributed by atoms with Crippen molar-refractivity contribution in [1.29, 1.82) is 0 Å². The van der Waals surface area contributed by atoms with Crippen molar-refractivity contribution in [2.24, 2.45) is 0 Å². The fraction of sp³-hybridized carbons (Fsp3) is 0.647. The van der Waals surface area contributed by atoms with E-state index in [4.69, 9.17) is 18.9 Å². The molecule has 0 aliphatic rings. The van der Waals surface area contributed by atoms with Crippen LogP contribution in [0.5, 0.6) is 0 Å². The molecule has 1 unspecified atom stereocenters. The van der Waals surface area contributed by atoms with Gasteiger partial charge in [-0.2, -0.15) is 0 Å². The van der Waals surface area contributed by atoms with E-state index in [0.29, 0.717) is 12.8 Å². The Morgan fingerprint density at radius 1 is 0.913 bits per heavy atom. The van der Waals surface area contributed by atoms with E-state index >= 15 is 0 Å². The molecule has 0 aromatic rings. The van der Waals surface area contributed by atoms with Crippen molar-refractivity contribution in [2.45, 2.75) is 51.6 Å². The molecule has 6 nitrogen and oxygen atoms in total. The van der Waals surface area contributed by atoms with E-state index in [1.54, 1.807) is 0 Å². The van der Waals surface area contributed by atoms with Gasteiger partial charge in [0.1, 0.15) is 19.3 Å². The lowest BCUT2D eigenvalue weighted by molar-refractivity contribution is 0.00917. The van der Waals surface area contributed by atoms with E-state index in [9.17, 15) is 9.59 Å². The molecule has 0 rings (SSSR count). The summed E-state index contributed by atoms with van der Waals surface area (Å²) in [5, 5.41) is 0. The number of rotatable bonds is 13. The molecule has 0 fully saturated rings. The van der Waals surface area contributed by atoms with Crippen LogP contribution < -0.4 is 0 Å². The number of hydrogen-bond donors (Lipinski definition) is 0. The van der Waals surface area contributed by atoms with Gasteiger partial charge in [0.2, 0.25) is 0 Å². The van der Waals surface area contributed by atoms with Crippen LogP contribution in [-0.4, -0.2) is 38.2 Å². The smallest absolute Gasteiger partial charge is 0.434 e. The first kappa shape index (κ1) is 21.0. The van der Waals surface area contributed by atoms with Gasteiger partial charge in [-0.25, -0.2) is 9.59 Å². The third-order valence-corrected chi connectivity index (χ3v) is 2.94. The zero-order chi connectivity index (χ0) is 17.3. The molecule has 0 radical (unpaired) electrons. The predicted molar refractivity (Wildman–Crippen MR) is 87.3 cm³/mol. The maximum absolute atomic E-state index is 11.5. The monoisotopic (exact) mass is 328 g/mol. The molecular weight excluding hydrogens is 300 g/mol. The molecular formula is C17H28O6. The number of ether oxygens (including phenoxy) is 4. The van der Waals surface area contributed by atoms with Gasteiger partial charge in [0, 0.05) is 6.42 Å². The molecule has 0 N–H and O–H groups in total. The molecule has 0 aromatic carbocycles. The Labute approximate surface area is 138 Å². The topological polar surface area (TPSA) is 71.1 Å². The first-order valence-electron chi connectivity index (χ1n) is 7.98. The predicted octanol–water partition coefficient (Wildman–Crippen LogP) is 4.39. The maximum Gasteiger partial charge on any atom is 0.508 e. The van der Waals surface area contributed by atoms with Crippen LogP contribution in [-0.2, 0) is 18.9 Å². The Morgan fingerprint density at radius 3 is 2.17 bits per heavy atom. The number of carbonyl (C=O) groups excluding carboxylic acids is 2. The summed E-state index contributed by atoms with van der Waals surface area (Å²) in [5.41, 5.74) is 0. The second kappa shape index (κ2) is 14.9. The highest BCUT2D eigenvalue weighted by molar-refractivity contribution is 5.60. The summed E-state index contributed by atoms with van der Waals surface area (Å²) >= 11 is 0. The van der Waals surface area contributed by atoms with E-state index in [2.05, 4.69) is 20.1 Å². The molecule has 0 aliphatic carbocycles. The van der Waals surface area contributed by atoms with Crippen LogP contribution >= 0.6 is 0 Å². The Kier molecular flexibility index (Phi) is 13.7. The molecule has 0 amide bonds. The molecule has 6 heteroatoms. The highest BCUT2D eigenvalue weighted by Crippen LogP contribution is 2.13. The molecule has 0 bridgehead atoms. The third kappa shape index (κ3) is 13.4. The zero-order valence-electron chi connectivity index (χ0n) is 14.0. The molecule has 0 saturated carbocycles. The van der Waals surface area contributed by atoms with E-state index < -0.39 is 12.3 Å². The summed E-state index contributed by atoms with van der Waals surface area (Å²) in [6.45, 7) is 9.35. The second-order valence-corrected chi connectivity index (χ2v) is 4.93. The molecule has 0 saturated heterocycles. The fourth-order valence-corrected chi connectivity index (χ4v) is 1.80. The van der Waals surface area contributed by atoms with Crippen LogP contribution in [0.4, 0.5) is 9.59 Å². The molecule has 1 atom stereocenters. The van der Waals surface area contributed by atoms with Crippen LogP contribution in [0, 0.1) is 0 Å². The van der Waals surface area contributed by atoms with Gasteiger partial charge >= 0.3 is 12.3 Å². The van der Waals surface area contributed by atoms with Crippen molar-refractivity contribution in [3.8, 4) is 0 Å². The van der Waals surface area contributed by atoms with Crippen molar-refractivity contribution in [2.75, 3.05) is 19.8 Å². The average molecular weight is 328 g/mol. The van der Waals surface area contributed by atoms with Gasteiger partial charge in [0.05, 0.1) is 6.61 Å². The first-order chi connectivity index (χ1) is 11.1. The van der Waals surface area contributed by atoms with Gasteiger partial charge in [0.15, 0.2) is 0 Å². The van der Waals surface area contributed by atoms with Gasteiger partial charge in [0.25, 0.3) is 0 Å². The fourth-order valence-electron chi connectivity index (χ4n) is 1.80. The summed E-state index contributed by atoms with van der Waals surface area (Å²) in [5.74, 6) is 0. The number of hydrogen-bond acceptors (Lipinski definition) is 6. The molecule has 132 valence electrons. The quantitative estimate of drug-likeness (QED) is 0.283. The van der Waals surface area contributed by atoms with E-state index in [1.165, 1.54) is 12.2 Å². The van der Waals surface area contributed by atoms with Gasteiger partial charge in [-0.05, 0) is 12.8 Å². The first-order valence-corrected chi connectivity index (χ1v) is 7.98. The van der Waals surface area contributed by atoms with Crippen molar-refractivity contribution in [3.05, 3.63) is 25.3 Å². The highest BCUT2D eigenvalue weighted by atomic mass is 16.7. The molecule has 23 heavy (non-hydrogen) atoms. The van der Waals surface area contributed by atoms with Gasteiger partial charge < -0.3 is 18.9 Å². The summed E-state index contributed by atoms with van der Waals surface area (Å²) < 4.78 is 19.7. The third-order valence-electron chi connectivity index (χ3n) is 2.94. The summed E-state index contributed by atoms with van der Waals surface area (Å²) in [6, 6.07) is 0. The van der Waals surface area contributed by atoms with Crippen molar-refractivity contribution in [1.82, 2.24) is 0 Å². The van der Waals surface area contributed by atoms with Crippen LogP contribution in [0.3, 0.4) is 0 Å². The second-order valence-electron chi connectivity index (χ2n) is 4.93. The molecule has 0 spiro atoms. The Morgan fingerprint density at radius 2 is 1.57 bits per heavy atom. The van der Waals surface area contributed by atoms with Crippen molar-refractivity contribution < 1.29 is 28.5 Å². The normalized spacial score (nSPS) is 11.2. The minimum absolute atomic E-state index is 0.101. The lowest BCUT2D eigenvalue weighted by atomic mass is 10.1. The minimum atomic E-state index is -0.760. The maximum atomic E-state index is 11.5. The average Bonchev–Trinajstić information content (AvgIpc) is 2.54. The molecule has 0 aromatic heterocycles. The van der Waals surface area contributed by atoms with Crippen molar-refractivity contribution in [3.63, 3.8) is 0 Å². The zero-order valence-corrected chi connectivity index (χ0v) is 14.0. The summed E-state index contributed by atoms with van der Waals surface area (Å²) in [6.07, 6.45) is 6.46. The standard InChI is InChI=1S/C17H28O6/c1-4-7-8-9-10-15(23-17(19)21-13-6-3)11-14-22-16(18)20-12-5-2/h5-6,15H,2-4,7-14H2,1H3. The van der Waals surface area contributed by atoms with Gasteiger partial charge in [-0.3, -0.25) is 0 Å². The Balaban J connectivity index is 4.13. The lowest BCUT2D eigenvalue weighted by Gasteiger charge is -2.17. The Bertz CT molecular complexity index is 353. The van der Waals surface area contributed by atoms with E-state index in [0.717, 1.165) is 25.7 Å². The number of unbranched alkanes of at least 4 members (excludes halogenated alkanes) is 3. The minimum Gasteiger partial charge on any atom is -0.434 e. The van der Waals surface area contributed by atoms with Crippen molar-refractivity contribution >= 4 is 12.3 Å². The van der Waals surface area contributed by atoms with Crippen LogP contribution in [0.1, 0.15) is 45.4 Å². The SMILES string of the molecule is C=CCOC(=O)OCCC(CCCCCC)OC(=O)OCC=C. The highest BCUT2D eigenvalue weighted by Gasteiger charge is 2.16. The van der Waals surface area contributed by atoms with Gasteiger partial charge in [-0.1, -0.05) is 51.5 Å². The largest absolute Gasteiger partial charge is 0.508 e. The van der Waals surface area contributed by atoms with E-state index in [-0.39, 0.29) is 25.9 Å². The van der Waals surface area contributed by atoms with Crippen LogP contribution in [0.2, 0.25) is 0 Å². The van der Waals surface area contributed by atoms with E-state index in [1.807, 2.05) is 0 Å². The molecule has 0 aliphatic heterocycles. The number of carbonyl (C=O) groups is 2. The van der Waals surface area contributed by atoms with Crippen LogP contribution in [0.25, 0.3) is 0 Å². The van der Waals surface area contributed by atoms with Gasteiger partial charge in [-0.15, -0.1) is 0 Å².